The van der Waals surface area contributed by atoms with Gasteiger partial charge in [0.05, 0.1) is 17.3 Å². The molecule has 0 aromatic carbocycles. The van der Waals surface area contributed by atoms with E-state index in [-0.39, 0.29) is 0 Å². The highest BCUT2D eigenvalue weighted by atomic mass is 35.5. The minimum absolute atomic E-state index is 0.662. The Morgan fingerprint density at radius 3 is 3.33 bits per heavy atom. The van der Waals surface area contributed by atoms with Gasteiger partial charge in [0.25, 0.3) is 0 Å². The fourth-order valence-electron chi connectivity index (χ4n) is 1.66. The van der Waals surface area contributed by atoms with Crippen LogP contribution in [0.25, 0.3) is 0 Å². The van der Waals surface area contributed by atoms with E-state index >= 15 is 0 Å². The van der Waals surface area contributed by atoms with Crippen molar-refractivity contribution >= 4 is 23.1 Å². The van der Waals surface area contributed by atoms with Gasteiger partial charge in [0.1, 0.15) is 0 Å². The van der Waals surface area contributed by atoms with Gasteiger partial charge in [-0.05, 0) is 6.07 Å². The van der Waals surface area contributed by atoms with Crippen LogP contribution in [0.4, 0.5) is 11.5 Å². The maximum absolute atomic E-state index is 5.88. The summed E-state index contributed by atoms with van der Waals surface area (Å²) in [6, 6.07) is 1.91. The fourth-order valence-corrected chi connectivity index (χ4v) is 1.82. The number of methoxy groups -OCH3 is 1. The maximum Gasteiger partial charge on any atom is 0.152 e. The molecule has 1 aliphatic rings. The molecule has 0 aliphatic carbocycles. The van der Waals surface area contributed by atoms with Crippen molar-refractivity contribution in [3.8, 4) is 0 Å². The van der Waals surface area contributed by atoms with E-state index in [2.05, 4.69) is 15.2 Å². The first-order valence-corrected chi connectivity index (χ1v) is 5.32. The van der Waals surface area contributed by atoms with Crippen molar-refractivity contribution in [1.82, 2.24) is 4.98 Å². The summed E-state index contributed by atoms with van der Waals surface area (Å²) in [5.41, 5.74) is 1.00. The zero-order chi connectivity index (χ0) is 10.7. The zero-order valence-corrected chi connectivity index (χ0v) is 9.42. The molecule has 1 N–H and O–H groups in total. The lowest BCUT2D eigenvalue weighted by Crippen LogP contribution is -2.36. The lowest BCUT2D eigenvalue weighted by Gasteiger charge is -2.30. The molecule has 0 bridgehead atoms. The summed E-state index contributed by atoms with van der Waals surface area (Å²) in [6.07, 6.45) is 1.67. The highest BCUT2D eigenvalue weighted by molar-refractivity contribution is 6.30. The number of fused-ring (bicyclic) bond motifs is 1. The van der Waals surface area contributed by atoms with Crippen LogP contribution in [0.1, 0.15) is 0 Å². The van der Waals surface area contributed by atoms with Crippen LogP contribution in [-0.4, -0.2) is 38.3 Å². The molecule has 0 atom stereocenters. The number of halogens is 1. The second-order valence-electron chi connectivity index (χ2n) is 3.43. The Hall–Kier alpha value is -1.00. The molecule has 15 heavy (non-hydrogen) atoms. The van der Waals surface area contributed by atoms with E-state index in [1.54, 1.807) is 13.3 Å². The summed E-state index contributed by atoms with van der Waals surface area (Å²) in [5, 5.41) is 3.94. The SMILES string of the molecule is COCCN1CCNc2cc(Cl)cnc21. The van der Waals surface area contributed by atoms with Crippen LogP contribution in [0, 0.1) is 0 Å². The Bertz CT molecular complexity index is 345. The van der Waals surface area contributed by atoms with Gasteiger partial charge in [0.15, 0.2) is 5.82 Å². The molecular formula is C10H14ClN3O. The molecule has 0 unspecified atom stereocenters. The van der Waals surface area contributed by atoms with Gasteiger partial charge in [-0.1, -0.05) is 11.6 Å². The minimum Gasteiger partial charge on any atom is -0.383 e. The van der Waals surface area contributed by atoms with Gasteiger partial charge in [-0.2, -0.15) is 0 Å². The normalized spacial score (nSPS) is 14.7. The van der Waals surface area contributed by atoms with E-state index < -0.39 is 0 Å². The molecule has 1 aliphatic heterocycles. The Labute approximate surface area is 94.2 Å². The van der Waals surface area contributed by atoms with Crippen molar-refractivity contribution in [3.05, 3.63) is 17.3 Å². The summed E-state index contributed by atoms with van der Waals surface area (Å²) in [7, 11) is 1.71. The molecule has 0 fully saturated rings. The van der Waals surface area contributed by atoms with Crippen LogP contribution in [0.15, 0.2) is 12.3 Å². The lowest BCUT2D eigenvalue weighted by molar-refractivity contribution is 0.205. The van der Waals surface area contributed by atoms with Crippen LogP contribution in [0.2, 0.25) is 5.02 Å². The van der Waals surface area contributed by atoms with E-state index in [4.69, 9.17) is 16.3 Å². The summed E-state index contributed by atoms with van der Waals surface area (Å²) in [5.74, 6) is 0.961. The van der Waals surface area contributed by atoms with E-state index in [0.717, 1.165) is 31.1 Å². The topological polar surface area (TPSA) is 37.4 Å². The summed E-state index contributed by atoms with van der Waals surface area (Å²) < 4.78 is 5.07. The van der Waals surface area contributed by atoms with Crippen molar-refractivity contribution in [2.24, 2.45) is 0 Å². The van der Waals surface area contributed by atoms with Gasteiger partial charge in [0, 0.05) is 32.9 Å². The monoisotopic (exact) mass is 227 g/mol. The predicted octanol–water partition coefficient (Wildman–Crippen LogP) is 1.61. The third-order valence-electron chi connectivity index (χ3n) is 2.40. The van der Waals surface area contributed by atoms with Gasteiger partial charge in [-0.3, -0.25) is 0 Å². The smallest absolute Gasteiger partial charge is 0.152 e. The third-order valence-corrected chi connectivity index (χ3v) is 2.60. The third kappa shape index (κ3) is 2.33. The molecule has 82 valence electrons. The zero-order valence-electron chi connectivity index (χ0n) is 8.66. The van der Waals surface area contributed by atoms with Crippen molar-refractivity contribution in [2.75, 3.05) is 43.6 Å². The van der Waals surface area contributed by atoms with Crippen molar-refractivity contribution in [3.63, 3.8) is 0 Å². The number of nitrogens with zero attached hydrogens (tertiary/aromatic N) is 2. The molecule has 2 rings (SSSR count). The van der Waals surface area contributed by atoms with Gasteiger partial charge >= 0.3 is 0 Å². The summed E-state index contributed by atoms with van der Waals surface area (Å²) in [6.45, 7) is 3.44. The van der Waals surface area contributed by atoms with Gasteiger partial charge in [-0.25, -0.2) is 4.98 Å². The largest absolute Gasteiger partial charge is 0.383 e. The second-order valence-corrected chi connectivity index (χ2v) is 3.87. The highest BCUT2D eigenvalue weighted by Gasteiger charge is 2.17. The molecule has 0 amide bonds. The van der Waals surface area contributed by atoms with E-state index in [1.165, 1.54) is 0 Å². The number of aromatic nitrogens is 1. The maximum atomic E-state index is 5.88. The van der Waals surface area contributed by atoms with Crippen molar-refractivity contribution in [2.45, 2.75) is 0 Å². The highest BCUT2D eigenvalue weighted by Crippen LogP contribution is 2.28. The van der Waals surface area contributed by atoms with Crippen molar-refractivity contribution < 1.29 is 4.74 Å². The van der Waals surface area contributed by atoms with Gasteiger partial charge in [-0.15, -0.1) is 0 Å². The Balaban J connectivity index is 2.18. The van der Waals surface area contributed by atoms with Crippen LogP contribution in [-0.2, 0) is 4.74 Å². The molecule has 0 radical (unpaired) electrons. The number of hydrogen-bond donors (Lipinski definition) is 1. The lowest BCUT2D eigenvalue weighted by atomic mass is 10.3. The molecule has 0 saturated heterocycles. The minimum atomic E-state index is 0.662. The molecule has 5 heteroatoms. The summed E-state index contributed by atoms with van der Waals surface area (Å²) in [4.78, 5) is 6.53. The van der Waals surface area contributed by atoms with Crippen LogP contribution in [0.5, 0.6) is 0 Å². The molecule has 2 heterocycles. The first-order chi connectivity index (χ1) is 7.31. The molecule has 1 aromatic rings. The average Bonchev–Trinajstić information content (AvgIpc) is 2.25. The number of hydrogen-bond acceptors (Lipinski definition) is 4. The summed E-state index contributed by atoms with van der Waals surface area (Å²) >= 11 is 5.88. The number of rotatable bonds is 3. The van der Waals surface area contributed by atoms with E-state index in [0.29, 0.717) is 11.6 Å². The van der Waals surface area contributed by atoms with Crippen LogP contribution in [0.3, 0.4) is 0 Å². The molecular weight excluding hydrogens is 214 g/mol. The quantitative estimate of drug-likeness (QED) is 0.852. The van der Waals surface area contributed by atoms with Crippen LogP contribution < -0.4 is 10.2 Å². The molecule has 0 spiro atoms. The Kier molecular flexibility index (Phi) is 3.28. The number of ether oxygens (including phenoxy) is 1. The molecule has 0 saturated carbocycles. The van der Waals surface area contributed by atoms with E-state index in [1.807, 2.05) is 6.07 Å². The number of nitrogens with one attached hydrogen (secondary N) is 1. The first kappa shape index (κ1) is 10.5. The first-order valence-electron chi connectivity index (χ1n) is 4.94. The number of anilines is 2. The second kappa shape index (κ2) is 4.68. The average molecular weight is 228 g/mol. The standard InChI is InChI=1S/C10H14ClN3O/c1-15-5-4-14-3-2-12-9-6-8(11)7-13-10(9)14/h6-7,12H,2-5H2,1H3. The van der Waals surface area contributed by atoms with Gasteiger partial charge < -0.3 is 15.0 Å². The Morgan fingerprint density at radius 2 is 2.53 bits per heavy atom. The van der Waals surface area contributed by atoms with Crippen LogP contribution >= 0.6 is 11.6 Å². The predicted molar refractivity (Wildman–Crippen MR) is 61.8 cm³/mol. The fraction of sp³-hybridized carbons (Fsp3) is 0.500. The van der Waals surface area contributed by atoms with Crippen molar-refractivity contribution in [1.29, 1.82) is 0 Å². The Morgan fingerprint density at radius 1 is 1.67 bits per heavy atom. The molecule has 1 aromatic heterocycles. The molecule has 4 nitrogen and oxygen atoms in total. The van der Waals surface area contributed by atoms with E-state index in [9.17, 15) is 0 Å². The van der Waals surface area contributed by atoms with Gasteiger partial charge in [0.2, 0.25) is 0 Å². The number of pyridine rings is 1.